The molecule has 0 saturated carbocycles. The maximum atomic E-state index is 14.7. The SMILES string of the molecule is CC(C)N1C[C@H](F)[C@H](Nc2cccc3c(SC(F)(F)F)c(-c4noc([C@H]5C[C@H](O)C(=O)N5)n4)sc23)C1. The van der Waals surface area contributed by atoms with Crippen LogP contribution in [0.3, 0.4) is 0 Å². The second kappa shape index (κ2) is 9.47. The van der Waals surface area contributed by atoms with Crippen LogP contribution in [0, 0.1) is 0 Å². The number of nitrogens with one attached hydrogen (secondary N) is 2. The van der Waals surface area contributed by atoms with Crippen LogP contribution in [0.1, 0.15) is 32.2 Å². The predicted molar refractivity (Wildman–Crippen MR) is 128 cm³/mol. The first-order valence-electron chi connectivity index (χ1n) is 11.3. The van der Waals surface area contributed by atoms with Gasteiger partial charge in [0.25, 0.3) is 0 Å². The van der Waals surface area contributed by atoms with Gasteiger partial charge in [0.15, 0.2) is 0 Å². The van der Waals surface area contributed by atoms with E-state index in [-0.39, 0.29) is 52.3 Å². The molecule has 36 heavy (non-hydrogen) atoms. The molecule has 1 amide bonds. The number of fused-ring (bicyclic) bond motifs is 1. The monoisotopic (exact) mass is 545 g/mol. The highest BCUT2D eigenvalue weighted by Gasteiger charge is 2.38. The Hall–Kier alpha value is -2.42. The van der Waals surface area contributed by atoms with Crippen molar-refractivity contribution in [3.8, 4) is 10.7 Å². The van der Waals surface area contributed by atoms with Gasteiger partial charge >= 0.3 is 5.51 Å². The van der Waals surface area contributed by atoms with Gasteiger partial charge in [-0.15, -0.1) is 11.3 Å². The van der Waals surface area contributed by atoms with E-state index < -0.39 is 35.8 Å². The molecule has 0 spiro atoms. The zero-order valence-corrected chi connectivity index (χ0v) is 20.8. The molecule has 2 fully saturated rings. The van der Waals surface area contributed by atoms with E-state index in [1.807, 2.05) is 18.7 Å². The van der Waals surface area contributed by atoms with E-state index in [1.165, 1.54) is 0 Å². The summed E-state index contributed by atoms with van der Waals surface area (Å²) in [4.78, 5) is 17.9. The van der Waals surface area contributed by atoms with Crippen LogP contribution in [-0.2, 0) is 4.79 Å². The number of thioether (sulfide) groups is 1. The number of nitrogens with zero attached hydrogens (tertiary/aromatic N) is 3. The third-order valence-electron chi connectivity index (χ3n) is 6.26. The molecule has 4 atom stereocenters. The summed E-state index contributed by atoms with van der Waals surface area (Å²) in [5.41, 5.74) is -4.05. The summed E-state index contributed by atoms with van der Waals surface area (Å²) in [5.74, 6) is -0.650. The Kier molecular flexibility index (Phi) is 6.64. The Morgan fingerprint density at radius 2 is 2.11 bits per heavy atom. The third-order valence-corrected chi connectivity index (χ3v) is 8.48. The number of likely N-dealkylation sites (tertiary alicyclic amines) is 1. The minimum atomic E-state index is -4.57. The number of carbonyl (C=O) groups is 1. The van der Waals surface area contributed by atoms with Crippen LogP contribution >= 0.6 is 23.1 Å². The molecule has 14 heteroatoms. The molecular formula is C22H23F4N5O3S2. The summed E-state index contributed by atoms with van der Waals surface area (Å²) in [6.07, 6.45) is -2.33. The number of hydrogen-bond donors (Lipinski definition) is 3. The van der Waals surface area contributed by atoms with Crippen molar-refractivity contribution in [1.82, 2.24) is 20.4 Å². The van der Waals surface area contributed by atoms with Crippen molar-refractivity contribution in [3.05, 3.63) is 24.1 Å². The molecule has 2 aromatic heterocycles. The van der Waals surface area contributed by atoms with Gasteiger partial charge in [-0.25, -0.2) is 4.39 Å². The highest BCUT2D eigenvalue weighted by Crippen LogP contribution is 2.50. The first-order chi connectivity index (χ1) is 17.0. The quantitative estimate of drug-likeness (QED) is 0.311. The van der Waals surface area contributed by atoms with E-state index in [4.69, 9.17) is 4.52 Å². The molecule has 3 aromatic rings. The summed E-state index contributed by atoms with van der Waals surface area (Å²) in [5, 5.41) is 19.6. The normalized spacial score (nSPS) is 25.3. The van der Waals surface area contributed by atoms with Crippen molar-refractivity contribution in [2.24, 2.45) is 0 Å². The summed E-state index contributed by atoms with van der Waals surface area (Å²) in [6, 6.07) is 3.86. The Morgan fingerprint density at radius 1 is 1.33 bits per heavy atom. The van der Waals surface area contributed by atoms with Crippen LogP contribution in [0.4, 0.5) is 23.2 Å². The number of rotatable bonds is 6. The molecule has 5 rings (SSSR count). The van der Waals surface area contributed by atoms with Crippen LogP contribution in [0.5, 0.6) is 0 Å². The zero-order chi connectivity index (χ0) is 25.8. The number of benzene rings is 1. The highest BCUT2D eigenvalue weighted by molar-refractivity contribution is 8.00. The number of amides is 1. The summed E-state index contributed by atoms with van der Waals surface area (Å²) >= 11 is 0.778. The molecule has 8 nitrogen and oxygen atoms in total. The maximum Gasteiger partial charge on any atom is 0.446 e. The molecule has 0 unspecified atom stereocenters. The number of hydrogen-bond acceptors (Lipinski definition) is 9. The number of anilines is 1. The number of aliphatic hydroxyl groups excluding tert-OH is 1. The standard InChI is InChI=1S/C22H23F4N5O3S2/c1-9(2)31-7-11(23)14(8-31)27-12-5-3-4-10-16(12)35-18(17(10)36-22(24,25)26)19-29-21(34-30-19)13-6-15(32)20(33)28-13/h3-5,9,11,13-15,27,32H,6-8H2,1-2H3,(H,28,33)/t11-,13+,14+,15-/m0/s1. The molecule has 4 heterocycles. The third kappa shape index (κ3) is 4.91. The molecule has 0 aliphatic carbocycles. The van der Waals surface area contributed by atoms with E-state index in [9.17, 15) is 27.5 Å². The van der Waals surface area contributed by atoms with Gasteiger partial charge in [0.2, 0.25) is 17.6 Å². The van der Waals surface area contributed by atoms with Crippen LogP contribution in [0.25, 0.3) is 20.8 Å². The van der Waals surface area contributed by atoms with Crippen molar-refractivity contribution < 1.29 is 32.0 Å². The molecule has 2 aliphatic rings. The van der Waals surface area contributed by atoms with Gasteiger partial charge in [-0.1, -0.05) is 17.3 Å². The number of aliphatic hydroxyl groups is 1. The highest BCUT2D eigenvalue weighted by atomic mass is 32.2. The fraction of sp³-hybridized carbons (Fsp3) is 0.500. The van der Waals surface area contributed by atoms with Gasteiger partial charge in [0.05, 0.1) is 21.3 Å². The van der Waals surface area contributed by atoms with E-state index in [1.54, 1.807) is 18.2 Å². The Morgan fingerprint density at radius 3 is 2.75 bits per heavy atom. The Balaban J connectivity index is 1.52. The lowest BCUT2D eigenvalue weighted by atomic mass is 10.2. The molecule has 3 N–H and O–H groups in total. The van der Waals surface area contributed by atoms with Gasteiger partial charge in [-0.2, -0.15) is 18.2 Å². The largest absolute Gasteiger partial charge is 0.446 e. The minimum Gasteiger partial charge on any atom is -0.383 e. The lowest BCUT2D eigenvalue weighted by molar-refractivity contribution is -0.126. The van der Waals surface area contributed by atoms with E-state index in [2.05, 4.69) is 20.8 Å². The molecule has 194 valence electrons. The van der Waals surface area contributed by atoms with Crippen molar-refractivity contribution >= 4 is 44.8 Å². The molecular weight excluding hydrogens is 522 g/mol. The van der Waals surface area contributed by atoms with Crippen LogP contribution in [0.2, 0.25) is 0 Å². The van der Waals surface area contributed by atoms with E-state index >= 15 is 0 Å². The second-order valence-corrected chi connectivity index (χ2v) is 11.2. The molecule has 2 aliphatic heterocycles. The van der Waals surface area contributed by atoms with E-state index in [0.717, 1.165) is 11.3 Å². The van der Waals surface area contributed by atoms with Gasteiger partial charge in [-0.05, 0) is 31.7 Å². The Labute approximate surface area is 211 Å². The van der Waals surface area contributed by atoms with Gasteiger partial charge in [-0.3, -0.25) is 9.69 Å². The Bertz CT molecular complexity index is 1280. The number of alkyl halides is 4. The summed E-state index contributed by atoms with van der Waals surface area (Å²) < 4.78 is 61.1. The lowest BCUT2D eigenvalue weighted by Gasteiger charge is -2.20. The topological polar surface area (TPSA) is 104 Å². The fourth-order valence-electron chi connectivity index (χ4n) is 4.41. The molecule has 1 aromatic carbocycles. The number of halogens is 4. The van der Waals surface area contributed by atoms with E-state index in [0.29, 0.717) is 22.3 Å². The predicted octanol–water partition coefficient (Wildman–Crippen LogP) is 4.33. The lowest BCUT2D eigenvalue weighted by Crippen LogP contribution is -2.31. The van der Waals surface area contributed by atoms with Gasteiger partial charge in [0.1, 0.15) is 18.3 Å². The van der Waals surface area contributed by atoms with Crippen LogP contribution in [-0.4, -0.2) is 69.0 Å². The molecule has 0 radical (unpaired) electrons. The van der Waals surface area contributed by atoms with Gasteiger partial charge < -0.3 is 20.3 Å². The molecule has 0 bridgehead atoms. The summed E-state index contributed by atoms with van der Waals surface area (Å²) in [6.45, 7) is 4.73. The van der Waals surface area contributed by atoms with Crippen molar-refractivity contribution in [2.75, 3.05) is 18.4 Å². The van der Waals surface area contributed by atoms with Crippen molar-refractivity contribution in [3.63, 3.8) is 0 Å². The smallest absolute Gasteiger partial charge is 0.383 e. The first kappa shape index (κ1) is 25.2. The first-order valence-corrected chi connectivity index (χ1v) is 12.9. The van der Waals surface area contributed by atoms with Gasteiger partial charge in [0, 0.05) is 35.8 Å². The van der Waals surface area contributed by atoms with Crippen molar-refractivity contribution in [1.29, 1.82) is 0 Å². The zero-order valence-electron chi connectivity index (χ0n) is 19.2. The average molecular weight is 546 g/mol. The minimum absolute atomic E-state index is 0.00586. The average Bonchev–Trinajstić information content (AvgIpc) is 3.56. The second-order valence-electron chi connectivity index (χ2n) is 9.07. The number of carbonyl (C=O) groups excluding carboxylic acids is 1. The maximum absolute atomic E-state index is 14.7. The number of thiophene rings is 1. The molecule has 2 saturated heterocycles. The fourth-order valence-corrected chi connectivity index (χ4v) is 6.52. The van der Waals surface area contributed by atoms with Crippen molar-refractivity contribution in [2.45, 2.75) is 61.1 Å². The van der Waals surface area contributed by atoms with Crippen LogP contribution < -0.4 is 10.6 Å². The summed E-state index contributed by atoms with van der Waals surface area (Å²) in [7, 11) is 0. The number of aromatic nitrogens is 2. The van der Waals surface area contributed by atoms with Crippen LogP contribution in [0.15, 0.2) is 27.6 Å².